The van der Waals surface area contributed by atoms with Crippen molar-refractivity contribution in [3.63, 3.8) is 0 Å². The first-order valence-electron chi connectivity index (χ1n) is 9.07. The number of carbonyl (C=O) groups is 1. The molecule has 27 heavy (non-hydrogen) atoms. The summed E-state index contributed by atoms with van der Waals surface area (Å²) in [6, 6.07) is 15.3. The van der Waals surface area contributed by atoms with E-state index < -0.39 is 10.0 Å². The van der Waals surface area contributed by atoms with Crippen molar-refractivity contribution in [1.29, 1.82) is 0 Å². The van der Waals surface area contributed by atoms with Gasteiger partial charge in [-0.25, -0.2) is 8.42 Å². The van der Waals surface area contributed by atoms with E-state index in [2.05, 4.69) is 5.32 Å². The van der Waals surface area contributed by atoms with E-state index in [0.717, 1.165) is 19.3 Å². The van der Waals surface area contributed by atoms with Gasteiger partial charge in [-0.05, 0) is 49.1 Å². The summed E-state index contributed by atoms with van der Waals surface area (Å²) in [6.45, 7) is 0. The molecule has 0 unspecified atom stereocenters. The van der Waals surface area contributed by atoms with E-state index in [1.54, 1.807) is 36.4 Å². The Bertz CT molecular complexity index is 900. The Hall–Kier alpha value is -2.38. The second kappa shape index (κ2) is 8.10. The largest absolute Gasteiger partial charge is 0.327 e. The van der Waals surface area contributed by atoms with Crippen LogP contribution in [0.4, 0.5) is 11.4 Å². The molecule has 3 rings (SSSR count). The molecule has 2 aromatic rings. The Morgan fingerprint density at radius 1 is 1.15 bits per heavy atom. The fraction of sp³-hybridized carbons (Fsp3) is 0.350. The fourth-order valence-electron chi connectivity index (χ4n) is 3.44. The van der Waals surface area contributed by atoms with E-state index in [4.69, 9.17) is 5.73 Å². The highest BCUT2D eigenvalue weighted by Crippen LogP contribution is 2.28. The summed E-state index contributed by atoms with van der Waals surface area (Å²) in [7, 11) is -2.21. The predicted octanol–water partition coefficient (Wildman–Crippen LogP) is 2.97. The molecule has 0 aliphatic heterocycles. The monoisotopic (exact) mass is 387 g/mol. The SMILES string of the molecule is CN(c1ccccc1)S(=O)(=O)c1cccc(NC(=O)C[C@@H]2CCC[C@H]2N)c1. The van der Waals surface area contributed by atoms with Crippen LogP contribution < -0.4 is 15.4 Å². The molecule has 3 N–H and O–H groups in total. The third-order valence-electron chi connectivity index (χ3n) is 5.06. The second-order valence-electron chi connectivity index (χ2n) is 6.94. The lowest BCUT2D eigenvalue weighted by Gasteiger charge is -2.20. The number of rotatable bonds is 6. The number of para-hydroxylation sites is 1. The predicted molar refractivity (Wildman–Crippen MR) is 107 cm³/mol. The maximum Gasteiger partial charge on any atom is 0.264 e. The van der Waals surface area contributed by atoms with Crippen molar-refractivity contribution in [3.8, 4) is 0 Å². The molecule has 0 saturated heterocycles. The molecule has 1 fully saturated rings. The normalized spacial score (nSPS) is 19.6. The molecule has 0 heterocycles. The molecule has 1 aliphatic rings. The number of anilines is 2. The van der Waals surface area contributed by atoms with E-state index in [9.17, 15) is 13.2 Å². The topological polar surface area (TPSA) is 92.5 Å². The van der Waals surface area contributed by atoms with Crippen LogP contribution in [0.2, 0.25) is 0 Å². The van der Waals surface area contributed by atoms with Crippen molar-refractivity contribution in [2.24, 2.45) is 11.7 Å². The molecular formula is C20H25N3O3S. The average molecular weight is 388 g/mol. The lowest BCUT2D eigenvalue weighted by Crippen LogP contribution is -2.28. The lowest BCUT2D eigenvalue weighted by molar-refractivity contribution is -0.117. The van der Waals surface area contributed by atoms with Crippen LogP contribution in [0.25, 0.3) is 0 Å². The highest BCUT2D eigenvalue weighted by Gasteiger charge is 2.26. The minimum atomic E-state index is -3.72. The summed E-state index contributed by atoms with van der Waals surface area (Å²) in [6.07, 6.45) is 3.34. The number of amides is 1. The van der Waals surface area contributed by atoms with E-state index in [1.807, 2.05) is 6.07 Å². The molecule has 0 bridgehead atoms. The highest BCUT2D eigenvalue weighted by atomic mass is 32.2. The molecule has 6 nitrogen and oxygen atoms in total. The van der Waals surface area contributed by atoms with Crippen LogP contribution in [0.5, 0.6) is 0 Å². The maximum absolute atomic E-state index is 12.9. The van der Waals surface area contributed by atoms with Crippen LogP contribution >= 0.6 is 0 Å². The van der Waals surface area contributed by atoms with Crippen LogP contribution in [-0.4, -0.2) is 27.4 Å². The van der Waals surface area contributed by atoms with Gasteiger partial charge in [-0.2, -0.15) is 0 Å². The van der Waals surface area contributed by atoms with Gasteiger partial charge in [-0.1, -0.05) is 30.7 Å². The first-order chi connectivity index (χ1) is 12.9. The van der Waals surface area contributed by atoms with Crippen molar-refractivity contribution in [3.05, 3.63) is 54.6 Å². The summed E-state index contributed by atoms with van der Waals surface area (Å²) >= 11 is 0. The molecule has 7 heteroatoms. The van der Waals surface area contributed by atoms with Crippen LogP contribution in [0.1, 0.15) is 25.7 Å². The fourth-order valence-corrected chi connectivity index (χ4v) is 4.68. The Morgan fingerprint density at radius 2 is 1.89 bits per heavy atom. The summed E-state index contributed by atoms with van der Waals surface area (Å²) < 4.78 is 27.0. The van der Waals surface area contributed by atoms with Crippen molar-refractivity contribution >= 4 is 27.3 Å². The van der Waals surface area contributed by atoms with Gasteiger partial charge in [0, 0.05) is 25.2 Å². The van der Waals surface area contributed by atoms with Crippen LogP contribution in [-0.2, 0) is 14.8 Å². The molecule has 0 aromatic heterocycles. The molecule has 2 atom stereocenters. The van der Waals surface area contributed by atoms with Crippen molar-refractivity contribution in [1.82, 2.24) is 0 Å². The first kappa shape index (κ1) is 19.4. The number of sulfonamides is 1. The number of nitrogens with zero attached hydrogens (tertiary/aromatic N) is 1. The minimum absolute atomic E-state index is 0.0713. The van der Waals surface area contributed by atoms with Crippen LogP contribution in [0.15, 0.2) is 59.5 Å². The minimum Gasteiger partial charge on any atom is -0.327 e. The van der Waals surface area contributed by atoms with Gasteiger partial charge < -0.3 is 11.1 Å². The smallest absolute Gasteiger partial charge is 0.264 e. The van der Waals surface area contributed by atoms with E-state index in [1.165, 1.54) is 23.5 Å². The molecule has 1 saturated carbocycles. The number of hydrogen-bond acceptors (Lipinski definition) is 4. The number of nitrogens with one attached hydrogen (secondary N) is 1. The van der Waals surface area contributed by atoms with Crippen LogP contribution in [0.3, 0.4) is 0 Å². The Labute approximate surface area is 160 Å². The number of benzene rings is 2. The number of carbonyl (C=O) groups excluding carboxylic acids is 1. The summed E-state index contributed by atoms with van der Waals surface area (Å²) in [4.78, 5) is 12.4. The van der Waals surface area contributed by atoms with Gasteiger partial charge in [0.15, 0.2) is 0 Å². The van der Waals surface area contributed by atoms with E-state index in [0.29, 0.717) is 17.8 Å². The van der Waals surface area contributed by atoms with Crippen LogP contribution in [0, 0.1) is 5.92 Å². The van der Waals surface area contributed by atoms with Gasteiger partial charge in [-0.3, -0.25) is 9.10 Å². The number of hydrogen-bond donors (Lipinski definition) is 2. The van der Waals surface area contributed by atoms with Crippen molar-refractivity contribution in [2.75, 3.05) is 16.7 Å². The third kappa shape index (κ3) is 4.48. The summed E-state index contributed by atoms with van der Waals surface area (Å²) in [5.74, 6) is 0.0597. The zero-order chi connectivity index (χ0) is 19.4. The third-order valence-corrected chi connectivity index (χ3v) is 6.84. The molecule has 0 spiro atoms. The molecular weight excluding hydrogens is 362 g/mol. The Balaban J connectivity index is 1.73. The summed E-state index contributed by atoms with van der Waals surface area (Å²) in [5, 5.41) is 2.80. The molecule has 0 radical (unpaired) electrons. The van der Waals surface area contributed by atoms with Gasteiger partial charge in [-0.15, -0.1) is 0 Å². The summed E-state index contributed by atoms with van der Waals surface area (Å²) in [5.41, 5.74) is 7.06. The quantitative estimate of drug-likeness (QED) is 0.797. The molecule has 1 amide bonds. The lowest BCUT2D eigenvalue weighted by atomic mass is 10.00. The Kier molecular flexibility index (Phi) is 5.82. The highest BCUT2D eigenvalue weighted by molar-refractivity contribution is 7.92. The molecule has 144 valence electrons. The molecule has 2 aromatic carbocycles. The number of nitrogens with two attached hydrogens (primary N) is 1. The van der Waals surface area contributed by atoms with Gasteiger partial charge in [0.25, 0.3) is 10.0 Å². The zero-order valence-corrected chi connectivity index (χ0v) is 16.2. The first-order valence-corrected chi connectivity index (χ1v) is 10.5. The van der Waals surface area contributed by atoms with Gasteiger partial charge >= 0.3 is 0 Å². The standard InChI is InChI=1S/C20H25N3O3S/c1-23(17-9-3-2-4-10-17)27(25,26)18-11-6-8-16(14-18)22-20(24)13-15-7-5-12-19(15)21/h2-4,6,8-11,14-15,19H,5,7,12-13,21H2,1H3,(H,22,24)/t15-,19+/m0/s1. The van der Waals surface area contributed by atoms with Gasteiger partial charge in [0.1, 0.15) is 0 Å². The van der Waals surface area contributed by atoms with Crippen molar-refractivity contribution < 1.29 is 13.2 Å². The van der Waals surface area contributed by atoms with E-state index >= 15 is 0 Å². The van der Waals surface area contributed by atoms with E-state index in [-0.39, 0.29) is 22.8 Å². The zero-order valence-electron chi connectivity index (χ0n) is 15.3. The van der Waals surface area contributed by atoms with Gasteiger partial charge in [0.05, 0.1) is 10.6 Å². The Morgan fingerprint density at radius 3 is 2.56 bits per heavy atom. The average Bonchev–Trinajstić information content (AvgIpc) is 3.06. The maximum atomic E-state index is 12.9. The molecule has 1 aliphatic carbocycles. The second-order valence-corrected chi connectivity index (χ2v) is 8.91. The van der Waals surface area contributed by atoms with Crippen molar-refractivity contribution in [2.45, 2.75) is 36.6 Å². The van der Waals surface area contributed by atoms with Gasteiger partial charge in [0.2, 0.25) is 5.91 Å².